The summed E-state index contributed by atoms with van der Waals surface area (Å²) >= 11 is 5.57. The molecule has 0 aliphatic heterocycles. The fourth-order valence-corrected chi connectivity index (χ4v) is 1.34. The molecular weight excluding hydrogens is 214 g/mol. The summed E-state index contributed by atoms with van der Waals surface area (Å²) in [4.78, 5) is 13.2. The van der Waals surface area contributed by atoms with Crippen LogP contribution in [0.25, 0.3) is 0 Å². The number of hydrogen-bond donors (Lipinski definition) is 0. The normalized spacial score (nSPS) is 11.9. The van der Waals surface area contributed by atoms with Gasteiger partial charge in [-0.25, -0.2) is 4.79 Å². The molecule has 0 aliphatic carbocycles. The van der Waals surface area contributed by atoms with Crippen LogP contribution in [0.5, 0.6) is 0 Å². The van der Waals surface area contributed by atoms with Crippen LogP contribution in [-0.4, -0.2) is 36.1 Å². The SMILES string of the molecule is C=CC(CCCCl)OC(=O)N(CC)CC. The van der Waals surface area contributed by atoms with Gasteiger partial charge in [-0.2, -0.15) is 0 Å². The van der Waals surface area contributed by atoms with Gasteiger partial charge in [0.05, 0.1) is 0 Å². The first-order valence-electron chi connectivity index (χ1n) is 5.33. The summed E-state index contributed by atoms with van der Waals surface area (Å²) in [5, 5.41) is 0. The van der Waals surface area contributed by atoms with Crippen molar-refractivity contribution in [3.05, 3.63) is 12.7 Å². The number of carbonyl (C=O) groups excluding carboxylic acids is 1. The highest BCUT2D eigenvalue weighted by Gasteiger charge is 2.15. The smallest absolute Gasteiger partial charge is 0.410 e. The Labute approximate surface area is 97.0 Å². The van der Waals surface area contributed by atoms with E-state index in [0.717, 1.165) is 12.8 Å². The van der Waals surface area contributed by atoms with Crippen molar-refractivity contribution in [3.63, 3.8) is 0 Å². The van der Waals surface area contributed by atoms with Gasteiger partial charge in [0.1, 0.15) is 6.10 Å². The maximum Gasteiger partial charge on any atom is 0.410 e. The molecule has 0 bridgehead atoms. The van der Waals surface area contributed by atoms with Gasteiger partial charge in [-0.15, -0.1) is 11.6 Å². The molecule has 1 unspecified atom stereocenters. The second kappa shape index (κ2) is 8.60. The zero-order chi connectivity index (χ0) is 11.7. The lowest BCUT2D eigenvalue weighted by atomic mass is 10.2. The number of alkyl halides is 1. The van der Waals surface area contributed by atoms with E-state index in [-0.39, 0.29) is 12.2 Å². The molecule has 4 heteroatoms. The molecule has 15 heavy (non-hydrogen) atoms. The lowest BCUT2D eigenvalue weighted by molar-refractivity contribution is 0.0801. The summed E-state index contributed by atoms with van der Waals surface area (Å²) in [5.74, 6) is 0.577. The van der Waals surface area contributed by atoms with E-state index in [4.69, 9.17) is 16.3 Å². The highest BCUT2D eigenvalue weighted by atomic mass is 35.5. The van der Waals surface area contributed by atoms with Crippen molar-refractivity contribution in [3.8, 4) is 0 Å². The second-order valence-corrected chi connectivity index (χ2v) is 3.54. The Bertz CT molecular complexity index is 193. The Balaban J connectivity index is 4.04. The first-order chi connectivity index (χ1) is 7.19. The third kappa shape index (κ3) is 5.67. The molecule has 0 rings (SSSR count). The molecule has 0 fully saturated rings. The molecule has 0 saturated heterocycles. The van der Waals surface area contributed by atoms with Crippen molar-refractivity contribution in [2.75, 3.05) is 19.0 Å². The van der Waals surface area contributed by atoms with E-state index < -0.39 is 0 Å². The van der Waals surface area contributed by atoms with Crippen molar-refractivity contribution < 1.29 is 9.53 Å². The quantitative estimate of drug-likeness (QED) is 0.500. The number of hydrogen-bond acceptors (Lipinski definition) is 2. The molecule has 1 amide bonds. The van der Waals surface area contributed by atoms with Crippen LogP contribution in [0.15, 0.2) is 12.7 Å². The van der Waals surface area contributed by atoms with E-state index in [1.54, 1.807) is 11.0 Å². The van der Waals surface area contributed by atoms with Gasteiger partial charge < -0.3 is 9.64 Å². The highest BCUT2D eigenvalue weighted by molar-refractivity contribution is 6.17. The van der Waals surface area contributed by atoms with Crippen LogP contribution >= 0.6 is 11.6 Å². The standard InChI is InChI=1S/C11H20ClNO2/c1-4-10(8-7-9-12)15-11(14)13(5-2)6-3/h4,10H,1,5-9H2,2-3H3. The fourth-order valence-electron chi connectivity index (χ4n) is 1.19. The Morgan fingerprint density at radius 3 is 2.53 bits per heavy atom. The molecule has 1 atom stereocenters. The fraction of sp³-hybridized carbons (Fsp3) is 0.727. The average molecular weight is 234 g/mol. The van der Waals surface area contributed by atoms with Gasteiger partial charge in [-0.3, -0.25) is 0 Å². The predicted octanol–water partition coefficient (Wildman–Crippen LogP) is 3.04. The molecule has 88 valence electrons. The van der Waals surface area contributed by atoms with Gasteiger partial charge in [0, 0.05) is 19.0 Å². The van der Waals surface area contributed by atoms with Gasteiger partial charge in [-0.05, 0) is 26.7 Å². The maximum absolute atomic E-state index is 11.6. The molecule has 0 radical (unpaired) electrons. The Morgan fingerprint density at radius 1 is 1.53 bits per heavy atom. The largest absolute Gasteiger partial charge is 0.442 e. The number of rotatable bonds is 7. The number of amides is 1. The molecule has 3 nitrogen and oxygen atoms in total. The summed E-state index contributed by atoms with van der Waals surface area (Å²) in [7, 11) is 0. The molecule has 0 aromatic carbocycles. The number of ether oxygens (including phenoxy) is 1. The molecule has 0 spiro atoms. The topological polar surface area (TPSA) is 29.5 Å². The monoisotopic (exact) mass is 233 g/mol. The van der Waals surface area contributed by atoms with Crippen LogP contribution in [0.4, 0.5) is 4.79 Å². The lowest BCUT2D eigenvalue weighted by Gasteiger charge is -2.21. The molecule has 0 aromatic heterocycles. The maximum atomic E-state index is 11.6. The zero-order valence-electron chi connectivity index (χ0n) is 9.54. The third-order valence-corrected chi connectivity index (χ3v) is 2.43. The van der Waals surface area contributed by atoms with Crippen LogP contribution in [0, 0.1) is 0 Å². The molecule has 0 aliphatic rings. The Morgan fingerprint density at radius 2 is 2.13 bits per heavy atom. The summed E-state index contributed by atoms with van der Waals surface area (Å²) in [6.07, 6.45) is 2.70. The predicted molar refractivity (Wildman–Crippen MR) is 63.3 cm³/mol. The number of halogens is 1. The minimum atomic E-state index is -0.278. The first-order valence-corrected chi connectivity index (χ1v) is 5.87. The molecule has 0 saturated carbocycles. The van der Waals surface area contributed by atoms with E-state index in [1.165, 1.54) is 0 Å². The van der Waals surface area contributed by atoms with Gasteiger partial charge in [-0.1, -0.05) is 12.7 Å². The van der Waals surface area contributed by atoms with Crippen LogP contribution in [-0.2, 0) is 4.74 Å². The van der Waals surface area contributed by atoms with Crippen LogP contribution in [0.2, 0.25) is 0 Å². The van der Waals surface area contributed by atoms with Crippen molar-refractivity contribution >= 4 is 17.7 Å². The molecule has 0 N–H and O–H groups in total. The van der Waals surface area contributed by atoms with E-state index in [9.17, 15) is 4.79 Å². The highest BCUT2D eigenvalue weighted by Crippen LogP contribution is 2.07. The van der Waals surface area contributed by atoms with E-state index in [1.807, 2.05) is 13.8 Å². The van der Waals surface area contributed by atoms with Gasteiger partial charge in [0.25, 0.3) is 0 Å². The minimum absolute atomic E-state index is 0.225. The van der Waals surface area contributed by atoms with Crippen molar-refractivity contribution in [1.29, 1.82) is 0 Å². The first kappa shape index (κ1) is 14.3. The minimum Gasteiger partial charge on any atom is -0.442 e. The molecular formula is C11H20ClNO2. The molecule has 0 aromatic rings. The third-order valence-electron chi connectivity index (χ3n) is 2.16. The van der Waals surface area contributed by atoms with Crippen LogP contribution < -0.4 is 0 Å². The Hall–Kier alpha value is -0.700. The van der Waals surface area contributed by atoms with Crippen molar-refractivity contribution in [2.24, 2.45) is 0 Å². The number of nitrogens with zero attached hydrogens (tertiary/aromatic N) is 1. The van der Waals surface area contributed by atoms with E-state index in [0.29, 0.717) is 19.0 Å². The van der Waals surface area contributed by atoms with Crippen LogP contribution in [0.1, 0.15) is 26.7 Å². The average Bonchev–Trinajstić information content (AvgIpc) is 2.25. The van der Waals surface area contributed by atoms with Crippen LogP contribution in [0.3, 0.4) is 0 Å². The second-order valence-electron chi connectivity index (χ2n) is 3.16. The molecule has 0 heterocycles. The number of carbonyl (C=O) groups is 1. The lowest BCUT2D eigenvalue weighted by Crippen LogP contribution is -2.33. The summed E-state index contributed by atoms with van der Waals surface area (Å²) in [5.41, 5.74) is 0. The van der Waals surface area contributed by atoms with E-state index in [2.05, 4.69) is 6.58 Å². The Kier molecular flexibility index (Phi) is 8.19. The summed E-state index contributed by atoms with van der Waals surface area (Å²) in [6, 6.07) is 0. The van der Waals surface area contributed by atoms with Gasteiger partial charge >= 0.3 is 6.09 Å². The van der Waals surface area contributed by atoms with E-state index >= 15 is 0 Å². The summed E-state index contributed by atoms with van der Waals surface area (Å²) < 4.78 is 5.26. The van der Waals surface area contributed by atoms with Crippen molar-refractivity contribution in [2.45, 2.75) is 32.8 Å². The van der Waals surface area contributed by atoms with Gasteiger partial charge in [0.15, 0.2) is 0 Å². The van der Waals surface area contributed by atoms with Crippen molar-refractivity contribution in [1.82, 2.24) is 4.90 Å². The zero-order valence-corrected chi connectivity index (χ0v) is 10.3. The summed E-state index contributed by atoms with van der Waals surface area (Å²) in [6.45, 7) is 8.81. The van der Waals surface area contributed by atoms with Gasteiger partial charge in [0.2, 0.25) is 0 Å².